The molecule has 0 radical (unpaired) electrons. The molecule has 0 saturated carbocycles. The van der Waals surface area contributed by atoms with Gasteiger partial charge in [-0.3, -0.25) is 9.59 Å². The highest BCUT2D eigenvalue weighted by Crippen LogP contribution is 2.27. The summed E-state index contributed by atoms with van der Waals surface area (Å²) in [5.41, 5.74) is -0.603. The van der Waals surface area contributed by atoms with Gasteiger partial charge in [0.05, 0.1) is 11.8 Å². The zero-order valence-corrected chi connectivity index (χ0v) is 15.3. The van der Waals surface area contributed by atoms with Gasteiger partial charge in [-0.2, -0.15) is 0 Å². The maximum atomic E-state index is 12.4. The van der Waals surface area contributed by atoms with Crippen LogP contribution in [-0.2, 0) is 14.3 Å². The Bertz CT molecular complexity index is 368. The van der Waals surface area contributed by atoms with Crippen LogP contribution >= 0.6 is 0 Å². The minimum atomic E-state index is -0.952. The van der Waals surface area contributed by atoms with E-state index in [9.17, 15) is 14.7 Å². The van der Waals surface area contributed by atoms with Crippen LogP contribution in [0.3, 0.4) is 0 Å². The van der Waals surface area contributed by atoms with Crippen molar-refractivity contribution in [1.29, 1.82) is 0 Å². The van der Waals surface area contributed by atoms with E-state index in [4.69, 9.17) is 4.74 Å². The van der Waals surface area contributed by atoms with Gasteiger partial charge >= 0.3 is 11.9 Å². The van der Waals surface area contributed by atoms with E-state index in [0.29, 0.717) is 6.42 Å². The lowest BCUT2D eigenvalue weighted by molar-refractivity contribution is -0.167. The number of allylic oxidation sites excluding steroid dienone is 1. The molecule has 1 unspecified atom stereocenters. The Morgan fingerprint density at radius 1 is 1.09 bits per heavy atom. The van der Waals surface area contributed by atoms with Gasteiger partial charge in [0.15, 0.2) is 0 Å². The number of carboxylic acid groups (broad SMARTS) is 1. The molecule has 4 heteroatoms. The molecule has 4 nitrogen and oxygen atoms in total. The highest BCUT2D eigenvalue weighted by molar-refractivity contribution is 5.81. The molecule has 0 aliphatic heterocycles. The molecule has 0 aromatic heterocycles. The Morgan fingerprint density at radius 2 is 1.65 bits per heavy atom. The van der Waals surface area contributed by atoms with Gasteiger partial charge in [-0.05, 0) is 33.6 Å². The average molecular weight is 326 g/mol. The molecule has 0 aromatic carbocycles. The summed E-state index contributed by atoms with van der Waals surface area (Å²) in [4.78, 5) is 23.9. The lowest BCUT2D eigenvalue weighted by Gasteiger charge is -2.27. The molecule has 1 N–H and O–H groups in total. The minimum Gasteiger partial charge on any atom is -0.481 e. The van der Waals surface area contributed by atoms with Gasteiger partial charge in [0.1, 0.15) is 5.60 Å². The number of carbonyl (C=O) groups excluding carboxylic acids is 1. The van der Waals surface area contributed by atoms with E-state index in [1.807, 2.05) is 0 Å². The fourth-order valence-corrected chi connectivity index (χ4v) is 2.62. The van der Waals surface area contributed by atoms with Crippen LogP contribution < -0.4 is 0 Å². The van der Waals surface area contributed by atoms with Gasteiger partial charge in [-0.15, -0.1) is 6.58 Å². The minimum absolute atomic E-state index is 0.287. The van der Waals surface area contributed by atoms with Crippen LogP contribution in [0, 0.1) is 11.8 Å². The second-order valence-corrected chi connectivity index (χ2v) is 7.17. The Labute approximate surface area is 141 Å². The van der Waals surface area contributed by atoms with Crippen molar-refractivity contribution in [3.05, 3.63) is 12.7 Å². The number of hydrogen-bond acceptors (Lipinski definition) is 3. The number of carboxylic acids is 1. The van der Waals surface area contributed by atoms with Gasteiger partial charge in [0.2, 0.25) is 0 Å². The molecule has 0 aliphatic rings. The molecule has 23 heavy (non-hydrogen) atoms. The number of unbranched alkanes of at least 4 members (excludes halogenated alkanes) is 5. The van der Waals surface area contributed by atoms with Gasteiger partial charge in [0.25, 0.3) is 0 Å². The van der Waals surface area contributed by atoms with E-state index in [1.165, 1.54) is 19.3 Å². The zero-order valence-electron chi connectivity index (χ0n) is 15.3. The largest absolute Gasteiger partial charge is 0.481 e. The summed E-state index contributed by atoms with van der Waals surface area (Å²) in [6, 6.07) is 0. The monoisotopic (exact) mass is 326 g/mol. The van der Waals surface area contributed by atoms with E-state index in [0.717, 1.165) is 19.3 Å². The fraction of sp³-hybridized carbons (Fsp3) is 0.789. The molecule has 0 aliphatic carbocycles. The summed E-state index contributed by atoms with van der Waals surface area (Å²) in [5, 5.41) is 9.44. The van der Waals surface area contributed by atoms with Crippen molar-refractivity contribution in [2.24, 2.45) is 11.8 Å². The molecular weight excluding hydrogens is 292 g/mol. The maximum Gasteiger partial charge on any atom is 0.310 e. The summed E-state index contributed by atoms with van der Waals surface area (Å²) < 4.78 is 5.44. The first-order valence-corrected chi connectivity index (χ1v) is 8.79. The van der Waals surface area contributed by atoms with Gasteiger partial charge in [0, 0.05) is 0 Å². The highest BCUT2D eigenvalue weighted by atomic mass is 16.6. The number of esters is 1. The standard InChI is InChI=1S/C19H34O4/c1-6-8-9-10-11-12-14-16(15(13-7-2)17(20)21)18(22)23-19(3,4)5/h7,15-16H,2,6,8-14H2,1,3-5H3,(H,20,21)/t15?,16-/m1/s1. The first-order valence-electron chi connectivity index (χ1n) is 8.79. The molecule has 0 rings (SSSR count). The SMILES string of the molecule is C=CCC(C(=O)O)[C@@H](CCCCCCCC)C(=O)OC(C)(C)C. The molecule has 0 saturated heterocycles. The highest BCUT2D eigenvalue weighted by Gasteiger charge is 2.35. The van der Waals surface area contributed by atoms with Crippen LogP contribution in [0.25, 0.3) is 0 Å². The smallest absolute Gasteiger partial charge is 0.310 e. The fourth-order valence-electron chi connectivity index (χ4n) is 2.62. The van der Waals surface area contributed by atoms with E-state index < -0.39 is 29.4 Å². The molecule has 0 heterocycles. The molecule has 0 fully saturated rings. The Kier molecular flexibility index (Phi) is 10.6. The third-order valence-electron chi connectivity index (χ3n) is 3.80. The van der Waals surface area contributed by atoms with E-state index in [2.05, 4.69) is 13.5 Å². The summed E-state index contributed by atoms with van der Waals surface area (Å²) in [5.74, 6) is -2.71. The Hall–Kier alpha value is -1.32. The van der Waals surface area contributed by atoms with Crippen molar-refractivity contribution in [2.75, 3.05) is 0 Å². The van der Waals surface area contributed by atoms with Gasteiger partial charge in [-0.1, -0.05) is 51.5 Å². The van der Waals surface area contributed by atoms with Crippen molar-refractivity contribution in [3.8, 4) is 0 Å². The second kappa shape index (κ2) is 11.3. The number of carbonyl (C=O) groups is 2. The molecule has 0 bridgehead atoms. The normalized spacial score (nSPS) is 14.1. The third-order valence-corrected chi connectivity index (χ3v) is 3.80. The van der Waals surface area contributed by atoms with Crippen LogP contribution in [0.2, 0.25) is 0 Å². The first kappa shape index (κ1) is 21.7. The maximum absolute atomic E-state index is 12.4. The van der Waals surface area contributed by atoms with Gasteiger partial charge in [-0.25, -0.2) is 0 Å². The number of rotatable bonds is 12. The van der Waals surface area contributed by atoms with Crippen molar-refractivity contribution < 1.29 is 19.4 Å². The summed E-state index contributed by atoms with van der Waals surface area (Å²) in [6.45, 7) is 11.2. The summed E-state index contributed by atoms with van der Waals surface area (Å²) >= 11 is 0. The van der Waals surface area contributed by atoms with Crippen molar-refractivity contribution in [3.63, 3.8) is 0 Å². The lowest BCUT2D eigenvalue weighted by atomic mass is 9.85. The molecule has 0 spiro atoms. The van der Waals surface area contributed by atoms with Crippen LogP contribution in [0.5, 0.6) is 0 Å². The van der Waals surface area contributed by atoms with Crippen LogP contribution in [-0.4, -0.2) is 22.6 Å². The molecule has 0 amide bonds. The third kappa shape index (κ3) is 10.1. The quantitative estimate of drug-likeness (QED) is 0.312. The van der Waals surface area contributed by atoms with Crippen LogP contribution in [0.4, 0.5) is 0 Å². The second-order valence-electron chi connectivity index (χ2n) is 7.17. The summed E-state index contributed by atoms with van der Waals surface area (Å²) in [7, 11) is 0. The van der Waals surface area contributed by atoms with Crippen molar-refractivity contribution >= 4 is 11.9 Å². The first-order chi connectivity index (χ1) is 10.7. The zero-order chi connectivity index (χ0) is 17.9. The molecular formula is C19H34O4. The van der Waals surface area contributed by atoms with E-state index in [-0.39, 0.29) is 6.42 Å². The predicted molar refractivity (Wildman–Crippen MR) is 93.3 cm³/mol. The van der Waals surface area contributed by atoms with Crippen molar-refractivity contribution in [2.45, 2.75) is 84.7 Å². The number of ether oxygens (including phenoxy) is 1. The van der Waals surface area contributed by atoms with Gasteiger partial charge < -0.3 is 9.84 Å². The average Bonchev–Trinajstić information content (AvgIpc) is 2.42. The molecule has 2 atom stereocenters. The summed E-state index contributed by atoms with van der Waals surface area (Å²) in [6.07, 6.45) is 9.05. The topological polar surface area (TPSA) is 63.6 Å². The number of hydrogen-bond donors (Lipinski definition) is 1. The molecule has 0 aromatic rings. The Morgan fingerprint density at radius 3 is 2.13 bits per heavy atom. The Balaban J connectivity index is 4.75. The van der Waals surface area contributed by atoms with Crippen molar-refractivity contribution in [1.82, 2.24) is 0 Å². The molecule has 134 valence electrons. The van der Waals surface area contributed by atoms with E-state index >= 15 is 0 Å². The predicted octanol–water partition coefficient (Wildman–Crippen LogP) is 4.97. The lowest BCUT2D eigenvalue weighted by Crippen LogP contribution is -2.35. The van der Waals surface area contributed by atoms with E-state index in [1.54, 1.807) is 26.8 Å². The van der Waals surface area contributed by atoms with Crippen LogP contribution in [0.15, 0.2) is 12.7 Å². The van der Waals surface area contributed by atoms with Crippen LogP contribution in [0.1, 0.15) is 79.1 Å². The number of aliphatic carboxylic acids is 1.